The summed E-state index contributed by atoms with van der Waals surface area (Å²) < 4.78 is 0. The standard InChI is InChI=1S/C19H19Cl2N5O/c1-11(2)23-18-22-10-17(26-18)12-4-3-5-15(6-12)24-19(27)25-16-8-13(20)7-14(21)9-16/h3-11H,1-2H3,(H2,22,23,26)(H2,24,25,27). The van der Waals surface area contributed by atoms with Crippen LogP contribution in [0.1, 0.15) is 13.8 Å². The van der Waals surface area contributed by atoms with Gasteiger partial charge in [0.25, 0.3) is 0 Å². The van der Waals surface area contributed by atoms with E-state index in [2.05, 4.69) is 25.9 Å². The lowest BCUT2D eigenvalue weighted by Crippen LogP contribution is -2.19. The van der Waals surface area contributed by atoms with Gasteiger partial charge in [-0.15, -0.1) is 0 Å². The molecule has 0 atom stereocenters. The molecule has 1 heterocycles. The van der Waals surface area contributed by atoms with Gasteiger partial charge in [0.1, 0.15) is 0 Å². The fourth-order valence-corrected chi connectivity index (χ4v) is 3.02. The van der Waals surface area contributed by atoms with E-state index in [1.54, 1.807) is 30.5 Å². The number of H-pyrrole nitrogens is 1. The van der Waals surface area contributed by atoms with Crippen LogP contribution in [0.2, 0.25) is 10.0 Å². The molecular formula is C19H19Cl2N5O. The van der Waals surface area contributed by atoms with Crippen molar-refractivity contribution in [2.24, 2.45) is 0 Å². The second-order valence-corrected chi connectivity index (χ2v) is 7.14. The molecule has 0 aliphatic heterocycles. The number of carbonyl (C=O) groups is 1. The maximum absolute atomic E-state index is 12.2. The molecule has 0 bridgehead atoms. The Balaban J connectivity index is 1.70. The fourth-order valence-electron chi connectivity index (χ4n) is 2.50. The van der Waals surface area contributed by atoms with Crippen LogP contribution in [0.3, 0.4) is 0 Å². The summed E-state index contributed by atoms with van der Waals surface area (Å²) in [4.78, 5) is 19.8. The molecule has 0 spiro atoms. The van der Waals surface area contributed by atoms with E-state index in [0.717, 1.165) is 11.3 Å². The van der Waals surface area contributed by atoms with Crippen LogP contribution in [0.15, 0.2) is 48.7 Å². The highest BCUT2D eigenvalue weighted by Crippen LogP contribution is 2.24. The van der Waals surface area contributed by atoms with Crippen LogP contribution in [0.5, 0.6) is 0 Å². The average Bonchev–Trinajstić information content (AvgIpc) is 3.01. The Bertz CT molecular complexity index is 935. The van der Waals surface area contributed by atoms with E-state index in [9.17, 15) is 4.79 Å². The predicted octanol–water partition coefficient (Wildman–Crippen LogP) is 5.85. The Morgan fingerprint density at radius 1 is 1.04 bits per heavy atom. The highest BCUT2D eigenvalue weighted by molar-refractivity contribution is 6.35. The zero-order chi connectivity index (χ0) is 19.4. The third-order valence-corrected chi connectivity index (χ3v) is 3.99. The molecule has 0 radical (unpaired) electrons. The van der Waals surface area contributed by atoms with E-state index >= 15 is 0 Å². The summed E-state index contributed by atoms with van der Waals surface area (Å²) in [5, 5.41) is 9.61. The molecule has 0 saturated heterocycles. The lowest BCUT2D eigenvalue weighted by molar-refractivity contribution is 0.262. The van der Waals surface area contributed by atoms with E-state index in [-0.39, 0.29) is 6.04 Å². The van der Waals surface area contributed by atoms with E-state index in [0.29, 0.717) is 27.4 Å². The van der Waals surface area contributed by atoms with Gasteiger partial charge < -0.3 is 20.9 Å². The van der Waals surface area contributed by atoms with Gasteiger partial charge >= 0.3 is 6.03 Å². The van der Waals surface area contributed by atoms with Crippen LogP contribution < -0.4 is 16.0 Å². The van der Waals surface area contributed by atoms with Crippen molar-refractivity contribution in [2.75, 3.05) is 16.0 Å². The number of anilines is 3. The summed E-state index contributed by atoms with van der Waals surface area (Å²) >= 11 is 11.9. The van der Waals surface area contributed by atoms with Crippen molar-refractivity contribution in [1.29, 1.82) is 0 Å². The number of imidazole rings is 1. The van der Waals surface area contributed by atoms with Crippen molar-refractivity contribution in [2.45, 2.75) is 19.9 Å². The number of urea groups is 1. The largest absolute Gasteiger partial charge is 0.354 e. The third kappa shape index (κ3) is 5.39. The third-order valence-electron chi connectivity index (χ3n) is 3.55. The van der Waals surface area contributed by atoms with Gasteiger partial charge in [-0.25, -0.2) is 9.78 Å². The monoisotopic (exact) mass is 403 g/mol. The first-order chi connectivity index (χ1) is 12.9. The first kappa shape index (κ1) is 19.1. The normalized spacial score (nSPS) is 10.7. The molecule has 4 N–H and O–H groups in total. The number of aromatic nitrogens is 2. The summed E-state index contributed by atoms with van der Waals surface area (Å²) in [6, 6.07) is 12.2. The summed E-state index contributed by atoms with van der Waals surface area (Å²) in [5.74, 6) is 0.703. The quantitative estimate of drug-likeness (QED) is 0.431. The van der Waals surface area contributed by atoms with Crippen molar-refractivity contribution in [3.8, 4) is 11.3 Å². The first-order valence-electron chi connectivity index (χ1n) is 8.35. The summed E-state index contributed by atoms with van der Waals surface area (Å²) in [7, 11) is 0. The zero-order valence-electron chi connectivity index (χ0n) is 14.8. The Kier molecular flexibility index (Phi) is 5.88. The number of nitrogens with one attached hydrogen (secondary N) is 4. The molecule has 140 valence electrons. The van der Waals surface area contributed by atoms with E-state index in [1.807, 2.05) is 32.0 Å². The van der Waals surface area contributed by atoms with Crippen LogP contribution in [-0.2, 0) is 0 Å². The molecule has 8 heteroatoms. The Morgan fingerprint density at radius 3 is 2.44 bits per heavy atom. The predicted molar refractivity (Wildman–Crippen MR) is 112 cm³/mol. The maximum atomic E-state index is 12.2. The van der Waals surface area contributed by atoms with Gasteiger partial charge in [-0.3, -0.25) is 0 Å². The van der Waals surface area contributed by atoms with Crippen LogP contribution in [0, 0.1) is 0 Å². The van der Waals surface area contributed by atoms with Gasteiger partial charge in [-0.1, -0.05) is 35.3 Å². The highest BCUT2D eigenvalue weighted by atomic mass is 35.5. The lowest BCUT2D eigenvalue weighted by atomic mass is 10.1. The molecular weight excluding hydrogens is 385 g/mol. The van der Waals surface area contributed by atoms with Gasteiger partial charge in [-0.05, 0) is 44.2 Å². The number of halogens is 2. The van der Waals surface area contributed by atoms with Gasteiger partial charge in [0.05, 0.1) is 11.9 Å². The number of benzene rings is 2. The Hall–Kier alpha value is -2.70. The van der Waals surface area contributed by atoms with Crippen LogP contribution in [-0.4, -0.2) is 22.0 Å². The van der Waals surface area contributed by atoms with Gasteiger partial charge in [0.15, 0.2) is 0 Å². The average molecular weight is 404 g/mol. The molecule has 0 saturated carbocycles. The van der Waals surface area contributed by atoms with Crippen molar-refractivity contribution >= 4 is 46.6 Å². The van der Waals surface area contributed by atoms with Crippen molar-refractivity contribution in [3.05, 3.63) is 58.7 Å². The molecule has 6 nitrogen and oxygen atoms in total. The topological polar surface area (TPSA) is 81.8 Å². The minimum atomic E-state index is -0.391. The van der Waals surface area contributed by atoms with Crippen molar-refractivity contribution < 1.29 is 4.79 Å². The van der Waals surface area contributed by atoms with Crippen molar-refractivity contribution in [1.82, 2.24) is 9.97 Å². The summed E-state index contributed by atoms with van der Waals surface area (Å²) in [5.41, 5.74) is 2.91. The number of amides is 2. The summed E-state index contributed by atoms with van der Waals surface area (Å²) in [6.45, 7) is 4.08. The molecule has 0 unspecified atom stereocenters. The number of nitrogens with zero attached hydrogens (tertiary/aromatic N) is 1. The van der Waals surface area contributed by atoms with Gasteiger partial charge in [0.2, 0.25) is 5.95 Å². The fraction of sp³-hybridized carbons (Fsp3) is 0.158. The number of carbonyl (C=O) groups excluding carboxylic acids is 1. The molecule has 27 heavy (non-hydrogen) atoms. The minimum Gasteiger partial charge on any atom is -0.354 e. The Morgan fingerprint density at radius 2 is 1.74 bits per heavy atom. The number of hydrogen-bond acceptors (Lipinski definition) is 3. The molecule has 2 aromatic carbocycles. The number of rotatable bonds is 5. The molecule has 1 aromatic heterocycles. The van der Waals surface area contributed by atoms with E-state index < -0.39 is 6.03 Å². The van der Waals surface area contributed by atoms with Gasteiger partial charge in [-0.2, -0.15) is 0 Å². The Labute approximate surface area is 167 Å². The van der Waals surface area contributed by atoms with Crippen molar-refractivity contribution in [3.63, 3.8) is 0 Å². The number of aromatic amines is 1. The second kappa shape index (κ2) is 8.33. The number of hydrogen-bond donors (Lipinski definition) is 4. The first-order valence-corrected chi connectivity index (χ1v) is 9.11. The smallest absolute Gasteiger partial charge is 0.323 e. The summed E-state index contributed by atoms with van der Waals surface area (Å²) in [6.07, 6.45) is 1.75. The second-order valence-electron chi connectivity index (χ2n) is 6.26. The zero-order valence-corrected chi connectivity index (χ0v) is 16.3. The van der Waals surface area contributed by atoms with Crippen LogP contribution >= 0.6 is 23.2 Å². The molecule has 0 aliphatic carbocycles. The molecule has 3 aromatic rings. The van der Waals surface area contributed by atoms with E-state index in [4.69, 9.17) is 23.2 Å². The molecule has 0 fully saturated rings. The minimum absolute atomic E-state index is 0.278. The SMILES string of the molecule is CC(C)Nc1ncc(-c2cccc(NC(=O)Nc3cc(Cl)cc(Cl)c3)c2)[nH]1. The van der Waals surface area contributed by atoms with Gasteiger partial charge in [0, 0.05) is 33.0 Å². The van der Waals surface area contributed by atoms with E-state index in [1.165, 1.54) is 0 Å². The molecule has 0 aliphatic rings. The lowest BCUT2D eigenvalue weighted by Gasteiger charge is -2.09. The maximum Gasteiger partial charge on any atom is 0.323 e. The molecule has 2 amide bonds. The van der Waals surface area contributed by atoms with Crippen LogP contribution in [0.25, 0.3) is 11.3 Å². The molecule has 3 rings (SSSR count). The van der Waals surface area contributed by atoms with Crippen LogP contribution in [0.4, 0.5) is 22.1 Å². The highest BCUT2D eigenvalue weighted by Gasteiger charge is 2.08.